The number of halogens is 1. The normalized spacial score (nSPS) is 12.9. The van der Waals surface area contributed by atoms with E-state index in [0.717, 1.165) is 71.5 Å². The highest BCUT2D eigenvalue weighted by Gasteiger charge is 2.21. The number of hydrogen-bond acceptors (Lipinski definition) is 12. The lowest BCUT2D eigenvalue weighted by atomic mass is 10.1. The fourth-order valence-electron chi connectivity index (χ4n) is 6.17. The summed E-state index contributed by atoms with van der Waals surface area (Å²) in [5.41, 5.74) is 4.64. The first-order valence-electron chi connectivity index (χ1n) is 16.9. The van der Waals surface area contributed by atoms with Crippen LogP contribution in [0.2, 0.25) is 5.02 Å². The van der Waals surface area contributed by atoms with Crippen LogP contribution in [0, 0.1) is 0 Å². The van der Waals surface area contributed by atoms with Gasteiger partial charge in [-0.1, -0.05) is 29.8 Å². The number of pyridine rings is 1. The molecule has 7 rings (SSSR count). The minimum Gasteiger partial charge on any atom is -0.497 e. The molecule has 1 saturated heterocycles. The molecule has 4 aromatic carbocycles. The van der Waals surface area contributed by atoms with Crippen LogP contribution in [0.5, 0.6) is 17.2 Å². The highest BCUT2D eigenvalue weighted by atomic mass is 35.5. The second-order valence-electron chi connectivity index (χ2n) is 12.1. The zero-order valence-corrected chi connectivity index (χ0v) is 29.6. The van der Waals surface area contributed by atoms with E-state index in [1.807, 2.05) is 60.7 Å². The number of anilines is 6. The second-order valence-corrected chi connectivity index (χ2v) is 12.5. The molecular formula is C38H40ClN9O3. The lowest BCUT2D eigenvalue weighted by Crippen LogP contribution is -2.47. The topological polar surface area (TPSA) is 122 Å². The van der Waals surface area contributed by atoms with Crippen LogP contribution in [0.3, 0.4) is 0 Å². The van der Waals surface area contributed by atoms with Gasteiger partial charge in [-0.2, -0.15) is 15.0 Å². The molecule has 6 aromatic rings. The molecule has 0 unspecified atom stereocenters. The van der Waals surface area contributed by atoms with Crippen molar-refractivity contribution in [2.24, 2.45) is 0 Å². The number of fused-ring (bicyclic) bond motifs is 2. The molecule has 2 aromatic heterocycles. The SMILES string of the molecule is COc1cc(Nc2nc(NCCCNc3c4ccc(Cl)cc4nc4ccc(OC)cc34)nc(N3CCN(c4ccccc4)CC3)n2)cc(OC)c1. The third kappa shape index (κ3) is 7.86. The number of para-hydroxylation sites is 1. The molecule has 1 aliphatic rings. The first kappa shape index (κ1) is 33.7. The summed E-state index contributed by atoms with van der Waals surface area (Å²) in [7, 11) is 4.91. The Kier molecular flexibility index (Phi) is 10.2. The van der Waals surface area contributed by atoms with Crippen molar-refractivity contribution in [1.29, 1.82) is 0 Å². The zero-order valence-electron chi connectivity index (χ0n) is 28.8. The van der Waals surface area contributed by atoms with Gasteiger partial charge >= 0.3 is 0 Å². The van der Waals surface area contributed by atoms with Gasteiger partial charge in [-0.3, -0.25) is 0 Å². The van der Waals surface area contributed by atoms with Crippen molar-refractivity contribution in [3.05, 3.63) is 90.0 Å². The predicted octanol–water partition coefficient (Wildman–Crippen LogP) is 7.24. The van der Waals surface area contributed by atoms with Gasteiger partial charge in [-0.15, -0.1) is 0 Å². The first-order valence-corrected chi connectivity index (χ1v) is 17.2. The van der Waals surface area contributed by atoms with Crippen LogP contribution in [0.4, 0.5) is 34.9 Å². The van der Waals surface area contributed by atoms with Crippen molar-refractivity contribution < 1.29 is 14.2 Å². The van der Waals surface area contributed by atoms with Gasteiger partial charge in [-0.25, -0.2) is 4.98 Å². The molecule has 0 bridgehead atoms. The molecule has 51 heavy (non-hydrogen) atoms. The Balaban J connectivity index is 1.08. The fourth-order valence-corrected chi connectivity index (χ4v) is 6.34. The van der Waals surface area contributed by atoms with Crippen molar-refractivity contribution in [2.75, 3.05) is 86.3 Å². The molecule has 3 N–H and O–H groups in total. The average Bonchev–Trinajstić information content (AvgIpc) is 3.17. The van der Waals surface area contributed by atoms with Gasteiger partial charge in [0, 0.05) is 84.6 Å². The molecule has 0 saturated carbocycles. The Hall–Kier alpha value is -5.75. The molecule has 0 amide bonds. The third-order valence-electron chi connectivity index (χ3n) is 8.80. The molecule has 0 atom stereocenters. The Bertz CT molecular complexity index is 2110. The highest BCUT2D eigenvalue weighted by molar-refractivity contribution is 6.31. The molecule has 262 valence electrons. The Labute approximate surface area is 301 Å². The summed E-state index contributed by atoms with van der Waals surface area (Å²) in [5, 5.41) is 13.1. The largest absolute Gasteiger partial charge is 0.497 e. The number of rotatable bonds is 13. The van der Waals surface area contributed by atoms with Gasteiger partial charge in [0.05, 0.1) is 38.1 Å². The van der Waals surface area contributed by atoms with Gasteiger partial charge in [0.1, 0.15) is 17.2 Å². The van der Waals surface area contributed by atoms with Crippen molar-refractivity contribution >= 4 is 68.3 Å². The van der Waals surface area contributed by atoms with Crippen molar-refractivity contribution in [3.63, 3.8) is 0 Å². The second kappa shape index (κ2) is 15.4. The number of benzene rings is 4. The minimum atomic E-state index is 0.420. The summed E-state index contributed by atoms with van der Waals surface area (Å²) < 4.78 is 16.5. The zero-order chi connectivity index (χ0) is 35.2. The number of ether oxygens (including phenoxy) is 3. The van der Waals surface area contributed by atoms with E-state index < -0.39 is 0 Å². The van der Waals surface area contributed by atoms with Gasteiger partial charge in [0.2, 0.25) is 17.8 Å². The van der Waals surface area contributed by atoms with Crippen LogP contribution in [-0.4, -0.2) is 80.5 Å². The molecule has 0 radical (unpaired) electrons. The quantitative estimate of drug-likeness (QED) is 0.0830. The van der Waals surface area contributed by atoms with E-state index in [2.05, 4.69) is 50.0 Å². The summed E-state index contributed by atoms with van der Waals surface area (Å²) in [6.07, 6.45) is 0.787. The van der Waals surface area contributed by atoms with Crippen LogP contribution >= 0.6 is 11.6 Å². The minimum absolute atomic E-state index is 0.420. The van der Waals surface area contributed by atoms with Crippen LogP contribution < -0.4 is 40.0 Å². The lowest BCUT2D eigenvalue weighted by molar-refractivity contribution is 0.395. The van der Waals surface area contributed by atoms with Gasteiger partial charge in [-0.05, 0) is 55.0 Å². The third-order valence-corrected chi connectivity index (χ3v) is 9.03. The van der Waals surface area contributed by atoms with Crippen LogP contribution in [-0.2, 0) is 0 Å². The van der Waals surface area contributed by atoms with Gasteiger partial charge in [0.25, 0.3) is 0 Å². The highest BCUT2D eigenvalue weighted by Crippen LogP contribution is 2.34. The number of aromatic nitrogens is 4. The van der Waals surface area contributed by atoms with E-state index in [1.165, 1.54) is 5.69 Å². The van der Waals surface area contributed by atoms with Gasteiger partial charge < -0.3 is 40.0 Å². The summed E-state index contributed by atoms with van der Waals surface area (Å²) >= 11 is 6.32. The number of hydrogen-bond donors (Lipinski definition) is 3. The van der Waals surface area contributed by atoms with Crippen molar-refractivity contribution in [2.45, 2.75) is 6.42 Å². The van der Waals surface area contributed by atoms with Crippen molar-refractivity contribution in [1.82, 2.24) is 19.9 Å². The molecule has 3 heterocycles. The first-order chi connectivity index (χ1) is 25.0. The molecular weight excluding hydrogens is 666 g/mol. The van der Waals surface area contributed by atoms with E-state index in [-0.39, 0.29) is 0 Å². The summed E-state index contributed by atoms with van der Waals surface area (Å²) in [4.78, 5) is 23.9. The van der Waals surface area contributed by atoms with E-state index in [0.29, 0.717) is 47.5 Å². The number of nitrogens with one attached hydrogen (secondary N) is 3. The van der Waals surface area contributed by atoms with Crippen LogP contribution in [0.1, 0.15) is 6.42 Å². The maximum absolute atomic E-state index is 6.32. The standard InChI is InChI=1S/C38H40ClN9O3/c1-49-28-11-13-33-32(24-28)35(31-12-10-25(39)20-34(31)43-33)40-14-7-15-41-36-44-37(42-26-21-29(50-2)23-30(22-26)51-3)46-38(45-36)48-18-16-47(17-19-48)27-8-5-4-6-9-27/h4-6,8-13,20-24H,7,14-19H2,1-3H3,(H,40,43)(H2,41,42,44,45,46). The number of methoxy groups -OCH3 is 3. The van der Waals surface area contributed by atoms with Crippen LogP contribution in [0.25, 0.3) is 21.8 Å². The lowest BCUT2D eigenvalue weighted by Gasteiger charge is -2.36. The maximum Gasteiger partial charge on any atom is 0.233 e. The average molecular weight is 706 g/mol. The monoisotopic (exact) mass is 705 g/mol. The van der Waals surface area contributed by atoms with Crippen molar-refractivity contribution in [3.8, 4) is 17.2 Å². The molecule has 0 spiro atoms. The molecule has 1 fully saturated rings. The summed E-state index contributed by atoms with van der Waals surface area (Å²) in [6, 6.07) is 27.7. The predicted molar refractivity (Wildman–Crippen MR) is 206 cm³/mol. The van der Waals surface area contributed by atoms with Crippen LogP contribution in [0.15, 0.2) is 84.9 Å². The van der Waals surface area contributed by atoms with E-state index in [4.69, 9.17) is 45.7 Å². The maximum atomic E-state index is 6.32. The molecule has 12 nitrogen and oxygen atoms in total. The Morgan fingerprint density at radius 1 is 0.627 bits per heavy atom. The Morgan fingerprint density at radius 2 is 1.33 bits per heavy atom. The molecule has 0 aliphatic carbocycles. The van der Waals surface area contributed by atoms with E-state index in [1.54, 1.807) is 21.3 Å². The van der Waals surface area contributed by atoms with E-state index in [9.17, 15) is 0 Å². The molecule has 1 aliphatic heterocycles. The van der Waals surface area contributed by atoms with Gasteiger partial charge in [0.15, 0.2) is 0 Å². The number of piperazine rings is 1. The molecule has 13 heteroatoms. The number of nitrogens with zero attached hydrogens (tertiary/aromatic N) is 6. The summed E-state index contributed by atoms with van der Waals surface area (Å²) in [5.74, 6) is 3.60. The smallest absolute Gasteiger partial charge is 0.233 e. The Morgan fingerprint density at radius 3 is 2.08 bits per heavy atom. The fraction of sp³-hybridized carbons (Fsp3) is 0.263. The summed E-state index contributed by atoms with van der Waals surface area (Å²) in [6.45, 7) is 4.58. The van der Waals surface area contributed by atoms with E-state index >= 15 is 0 Å².